The smallest absolute Gasteiger partial charge is 0.321 e. The molecule has 1 heterocycles. The lowest BCUT2D eigenvalue weighted by atomic mass is 10.2. The van der Waals surface area contributed by atoms with Crippen LogP contribution >= 0.6 is 23.4 Å². The average molecular weight is 395 g/mol. The molecule has 0 aliphatic rings. The van der Waals surface area contributed by atoms with Gasteiger partial charge in [0.25, 0.3) is 5.56 Å². The van der Waals surface area contributed by atoms with Crippen molar-refractivity contribution in [2.24, 2.45) is 0 Å². The first-order chi connectivity index (χ1) is 12.5. The third-order valence-corrected chi connectivity index (χ3v) is 4.53. The highest BCUT2D eigenvalue weighted by Gasteiger charge is 2.14. The number of halogens is 1. The first-order valence-corrected chi connectivity index (χ1v) is 9.34. The third kappa shape index (κ3) is 5.09. The van der Waals surface area contributed by atoms with Gasteiger partial charge in [-0.25, -0.2) is 9.78 Å². The first-order valence-electron chi connectivity index (χ1n) is 7.97. The summed E-state index contributed by atoms with van der Waals surface area (Å²) in [6.45, 7) is 6.29. The highest BCUT2D eigenvalue weighted by Crippen LogP contribution is 2.20. The number of urea groups is 1. The van der Waals surface area contributed by atoms with Crippen molar-refractivity contribution in [3.63, 3.8) is 0 Å². The summed E-state index contributed by atoms with van der Waals surface area (Å²) in [4.78, 5) is 40.5. The molecule has 2 rings (SSSR count). The Morgan fingerprint density at radius 3 is 2.88 bits per heavy atom. The summed E-state index contributed by atoms with van der Waals surface area (Å²) in [5.74, 6) is -0.526. The largest absolute Gasteiger partial charge is 0.338 e. The molecule has 138 valence electrons. The van der Waals surface area contributed by atoms with Gasteiger partial charge in [0.1, 0.15) is 0 Å². The Morgan fingerprint density at radius 2 is 2.19 bits per heavy atom. The fraction of sp³-hybridized carbons (Fsp3) is 0.294. The molecule has 0 radical (unpaired) electrons. The highest BCUT2D eigenvalue weighted by atomic mass is 35.5. The number of allylic oxidation sites excluding steroid dienone is 1. The molecule has 0 atom stereocenters. The molecule has 0 saturated heterocycles. The fourth-order valence-electron chi connectivity index (χ4n) is 2.15. The van der Waals surface area contributed by atoms with Crippen LogP contribution in [0.5, 0.6) is 0 Å². The van der Waals surface area contributed by atoms with Crippen molar-refractivity contribution in [2.45, 2.75) is 25.0 Å². The van der Waals surface area contributed by atoms with Gasteiger partial charge >= 0.3 is 6.03 Å². The molecule has 7 nitrogen and oxygen atoms in total. The number of carbonyl (C=O) groups excluding carboxylic acids is 2. The van der Waals surface area contributed by atoms with Crippen LogP contribution in [-0.4, -0.2) is 33.8 Å². The molecule has 1 aromatic heterocycles. The fourth-order valence-corrected chi connectivity index (χ4v) is 3.13. The molecule has 0 aliphatic carbocycles. The number of nitrogens with one attached hydrogen (secondary N) is 2. The second kappa shape index (κ2) is 9.40. The Labute approximate surface area is 159 Å². The molecule has 26 heavy (non-hydrogen) atoms. The van der Waals surface area contributed by atoms with Crippen LogP contribution in [0.4, 0.5) is 4.79 Å². The van der Waals surface area contributed by atoms with Gasteiger partial charge < -0.3 is 5.32 Å². The van der Waals surface area contributed by atoms with Crippen LogP contribution in [-0.2, 0) is 11.3 Å². The van der Waals surface area contributed by atoms with Crippen LogP contribution in [0.25, 0.3) is 10.9 Å². The van der Waals surface area contributed by atoms with E-state index in [-0.39, 0.29) is 17.9 Å². The van der Waals surface area contributed by atoms with E-state index in [2.05, 4.69) is 22.2 Å². The van der Waals surface area contributed by atoms with E-state index in [4.69, 9.17) is 11.6 Å². The van der Waals surface area contributed by atoms with E-state index < -0.39 is 11.9 Å². The van der Waals surface area contributed by atoms with E-state index in [9.17, 15) is 14.4 Å². The number of aromatic nitrogens is 2. The summed E-state index contributed by atoms with van der Waals surface area (Å²) in [5, 5.41) is 6.00. The molecule has 0 saturated carbocycles. The van der Waals surface area contributed by atoms with Crippen molar-refractivity contribution < 1.29 is 9.59 Å². The van der Waals surface area contributed by atoms with Crippen LogP contribution in [0.15, 0.2) is 40.8 Å². The number of fused-ring (bicyclic) bond motifs is 1. The lowest BCUT2D eigenvalue weighted by Gasteiger charge is -2.11. The number of nitrogens with zero attached hydrogens (tertiary/aromatic N) is 2. The number of hydrogen-bond donors (Lipinski definition) is 2. The number of benzene rings is 1. The van der Waals surface area contributed by atoms with E-state index in [1.807, 2.05) is 6.92 Å². The van der Waals surface area contributed by atoms with Crippen molar-refractivity contribution in [3.05, 3.63) is 46.2 Å². The maximum Gasteiger partial charge on any atom is 0.321 e. The predicted molar refractivity (Wildman–Crippen MR) is 104 cm³/mol. The van der Waals surface area contributed by atoms with Gasteiger partial charge in [-0.05, 0) is 24.6 Å². The number of carbonyl (C=O) groups is 2. The third-order valence-electron chi connectivity index (χ3n) is 3.31. The van der Waals surface area contributed by atoms with Crippen LogP contribution < -0.4 is 16.2 Å². The Bertz CT molecular complexity index is 897. The average Bonchev–Trinajstić information content (AvgIpc) is 2.61. The normalized spacial score (nSPS) is 10.5. The molecule has 1 aromatic carbocycles. The Morgan fingerprint density at radius 1 is 1.42 bits per heavy atom. The SMILES string of the molecule is C=CCn1c(SCC(=O)NC(=O)NCCC)nc2ccc(Cl)cc2c1=O. The van der Waals surface area contributed by atoms with Crippen molar-refractivity contribution >= 4 is 46.2 Å². The number of hydrogen-bond acceptors (Lipinski definition) is 5. The quantitative estimate of drug-likeness (QED) is 0.427. The predicted octanol–water partition coefficient (Wildman–Crippen LogP) is 2.56. The number of rotatable bonds is 7. The number of thioether (sulfide) groups is 1. The van der Waals surface area contributed by atoms with Crippen molar-refractivity contribution in [1.82, 2.24) is 20.2 Å². The Hall–Kier alpha value is -2.32. The molecule has 0 spiro atoms. The monoisotopic (exact) mass is 394 g/mol. The zero-order chi connectivity index (χ0) is 19.1. The lowest BCUT2D eigenvalue weighted by Crippen LogP contribution is -2.40. The van der Waals surface area contributed by atoms with E-state index >= 15 is 0 Å². The van der Waals surface area contributed by atoms with Crippen LogP contribution in [0.1, 0.15) is 13.3 Å². The lowest BCUT2D eigenvalue weighted by molar-refractivity contribution is -0.117. The summed E-state index contributed by atoms with van der Waals surface area (Å²) in [7, 11) is 0. The summed E-state index contributed by atoms with van der Waals surface area (Å²) in [6, 6.07) is 4.32. The Kier molecular flexibility index (Phi) is 7.23. The van der Waals surface area contributed by atoms with Crippen molar-refractivity contribution in [1.29, 1.82) is 0 Å². The van der Waals surface area contributed by atoms with Gasteiger partial charge in [-0.3, -0.25) is 19.5 Å². The Balaban J connectivity index is 2.20. The van der Waals surface area contributed by atoms with Gasteiger partial charge in [0, 0.05) is 18.1 Å². The van der Waals surface area contributed by atoms with Crippen molar-refractivity contribution in [3.8, 4) is 0 Å². The molecular formula is C17H19ClN4O3S. The van der Waals surface area contributed by atoms with Gasteiger partial charge in [0.05, 0.1) is 16.7 Å². The minimum Gasteiger partial charge on any atom is -0.338 e. The zero-order valence-corrected chi connectivity index (χ0v) is 15.8. The summed E-state index contributed by atoms with van der Waals surface area (Å²) in [6.07, 6.45) is 2.34. The maximum absolute atomic E-state index is 12.7. The zero-order valence-electron chi connectivity index (χ0n) is 14.3. The topological polar surface area (TPSA) is 93.1 Å². The minimum atomic E-state index is -0.540. The number of amides is 3. The van der Waals surface area contributed by atoms with Gasteiger partial charge in [0.15, 0.2) is 5.16 Å². The summed E-state index contributed by atoms with van der Waals surface area (Å²) < 4.78 is 1.42. The molecule has 0 unspecified atom stereocenters. The molecule has 0 aliphatic heterocycles. The first kappa shape index (κ1) is 20.0. The second-order valence-corrected chi connectivity index (χ2v) is 6.73. The van der Waals surface area contributed by atoms with Gasteiger partial charge in [0.2, 0.25) is 5.91 Å². The summed E-state index contributed by atoms with van der Waals surface area (Å²) in [5.41, 5.74) is 0.226. The van der Waals surface area contributed by atoms with E-state index in [1.165, 1.54) is 4.57 Å². The van der Waals surface area contributed by atoms with Crippen molar-refractivity contribution in [2.75, 3.05) is 12.3 Å². The number of imide groups is 1. The van der Waals surface area contributed by atoms with E-state index in [0.29, 0.717) is 27.6 Å². The van der Waals surface area contributed by atoms with Crippen LogP contribution in [0.2, 0.25) is 5.02 Å². The summed E-state index contributed by atoms with van der Waals surface area (Å²) >= 11 is 7.03. The van der Waals surface area contributed by atoms with Gasteiger partial charge in [-0.1, -0.05) is 36.4 Å². The van der Waals surface area contributed by atoms with Gasteiger partial charge in [-0.15, -0.1) is 6.58 Å². The molecule has 9 heteroatoms. The van der Waals surface area contributed by atoms with Crippen LogP contribution in [0, 0.1) is 0 Å². The van der Waals surface area contributed by atoms with Gasteiger partial charge in [-0.2, -0.15) is 0 Å². The molecule has 0 fully saturated rings. The highest BCUT2D eigenvalue weighted by molar-refractivity contribution is 7.99. The second-order valence-electron chi connectivity index (χ2n) is 5.35. The molecule has 0 bridgehead atoms. The molecule has 2 aromatic rings. The van der Waals surface area contributed by atoms with E-state index in [0.717, 1.165) is 18.2 Å². The van der Waals surface area contributed by atoms with Crippen LogP contribution in [0.3, 0.4) is 0 Å². The molecular weight excluding hydrogens is 376 g/mol. The molecule has 2 N–H and O–H groups in total. The standard InChI is InChI=1S/C17H19ClN4O3S/c1-3-7-19-16(25)21-14(23)10-26-17-20-13-6-5-11(18)9-12(13)15(24)22(17)8-4-2/h4-6,9H,2-3,7-8,10H2,1H3,(H2,19,21,23,25). The molecule has 3 amide bonds. The van der Waals surface area contributed by atoms with E-state index in [1.54, 1.807) is 24.3 Å². The minimum absolute atomic E-state index is 0.0533. The maximum atomic E-state index is 12.7.